The Morgan fingerprint density at radius 2 is 2.14 bits per heavy atom. The number of hydrogen-bond donors (Lipinski definition) is 1. The first-order valence-corrected chi connectivity index (χ1v) is 9.39. The van der Waals surface area contributed by atoms with Crippen LogP contribution >= 0.6 is 0 Å². The number of amides is 1. The standard InChI is InChI=1S/C19H21F2N7O/c1-11-5-4-8-27(11)17-13-10-23-15(24-12(2)29)9-14(13)28(26-17)16-6-7-22-18(25-16)19(3,20)21/h6-7,9-11H,4-5,8H2,1-3H3,(H,23,24,29). The zero-order valence-electron chi connectivity index (χ0n) is 16.4. The summed E-state index contributed by atoms with van der Waals surface area (Å²) in [4.78, 5) is 25.6. The molecule has 152 valence electrons. The van der Waals surface area contributed by atoms with Crippen LogP contribution in [-0.2, 0) is 10.7 Å². The first kappa shape index (κ1) is 19.2. The Hall–Kier alpha value is -3.17. The van der Waals surface area contributed by atoms with Crippen molar-refractivity contribution in [2.75, 3.05) is 16.8 Å². The molecule has 0 radical (unpaired) electrons. The number of nitrogens with one attached hydrogen (secondary N) is 1. The van der Waals surface area contributed by atoms with Gasteiger partial charge < -0.3 is 10.2 Å². The van der Waals surface area contributed by atoms with Crippen molar-refractivity contribution >= 4 is 28.4 Å². The normalized spacial score (nSPS) is 17.1. The second kappa shape index (κ2) is 7.02. The molecule has 10 heteroatoms. The molecule has 1 aliphatic rings. The SMILES string of the molecule is CC(=O)Nc1cc2c(cn1)c(N1CCCC1C)nn2-c1ccnc(C(C)(F)F)n1. The lowest BCUT2D eigenvalue weighted by atomic mass is 10.2. The van der Waals surface area contributed by atoms with Gasteiger partial charge >= 0.3 is 5.92 Å². The monoisotopic (exact) mass is 401 g/mol. The molecule has 29 heavy (non-hydrogen) atoms. The van der Waals surface area contributed by atoms with E-state index in [-0.39, 0.29) is 11.7 Å². The summed E-state index contributed by atoms with van der Waals surface area (Å²) in [5.41, 5.74) is 0.613. The van der Waals surface area contributed by atoms with Crippen molar-refractivity contribution in [3.05, 3.63) is 30.4 Å². The average molecular weight is 401 g/mol. The summed E-state index contributed by atoms with van der Waals surface area (Å²) >= 11 is 0. The summed E-state index contributed by atoms with van der Waals surface area (Å²) in [5.74, 6) is -2.72. The van der Waals surface area contributed by atoms with Crippen LogP contribution in [0.15, 0.2) is 24.5 Å². The minimum atomic E-state index is -3.17. The topological polar surface area (TPSA) is 88.8 Å². The van der Waals surface area contributed by atoms with Crippen LogP contribution in [0.2, 0.25) is 0 Å². The predicted molar refractivity (Wildman–Crippen MR) is 104 cm³/mol. The number of alkyl halides is 2. The van der Waals surface area contributed by atoms with Crippen molar-refractivity contribution in [2.45, 2.75) is 45.6 Å². The van der Waals surface area contributed by atoms with Crippen LogP contribution in [0.4, 0.5) is 20.4 Å². The number of carbonyl (C=O) groups excluding carboxylic acids is 1. The number of pyridine rings is 1. The van der Waals surface area contributed by atoms with E-state index in [1.807, 2.05) is 0 Å². The van der Waals surface area contributed by atoms with Crippen LogP contribution in [0.1, 0.15) is 39.4 Å². The highest BCUT2D eigenvalue weighted by Crippen LogP contribution is 2.33. The molecule has 0 spiro atoms. The number of anilines is 2. The van der Waals surface area contributed by atoms with Gasteiger partial charge in [-0.3, -0.25) is 4.79 Å². The molecule has 1 N–H and O–H groups in total. The van der Waals surface area contributed by atoms with Gasteiger partial charge in [-0.2, -0.15) is 8.78 Å². The Balaban J connectivity index is 1.91. The fraction of sp³-hybridized carbons (Fsp3) is 0.421. The largest absolute Gasteiger partial charge is 0.352 e. The van der Waals surface area contributed by atoms with Crippen molar-refractivity contribution < 1.29 is 13.6 Å². The van der Waals surface area contributed by atoms with Gasteiger partial charge in [0.25, 0.3) is 0 Å². The lowest BCUT2D eigenvalue weighted by Gasteiger charge is -2.21. The molecule has 3 aromatic heterocycles. The van der Waals surface area contributed by atoms with Gasteiger partial charge in [-0.1, -0.05) is 0 Å². The minimum absolute atomic E-state index is 0.222. The molecule has 4 rings (SSSR count). The smallest absolute Gasteiger partial charge is 0.303 e. The van der Waals surface area contributed by atoms with Crippen LogP contribution in [0.5, 0.6) is 0 Å². The molecule has 0 aliphatic carbocycles. The van der Waals surface area contributed by atoms with Gasteiger partial charge in [-0.15, -0.1) is 5.10 Å². The van der Waals surface area contributed by atoms with E-state index in [4.69, 9.17) is 5.10 Å². The Morgan fingerprint density at radius 3 is 2.79 bits per heavy atom. The number of hydrogen-bond acceptors (Lipinski definition) is 6. The number of halogens is 2. The van der Waals surface area contributed by atoms with Crippen molar-refractivity contribution in [2.24, 2.45) is 0 Å². The van der Waals surface area contributed by atoms with Crippen LogP contribution in [0.25, 0.3) is 16.7 Å². The van der Waals surface area contributed by atoms with Gasteiger partial charge in [0.2, 0.25) is 11.7 Å². The third-order valence-corrected chi connectivity index (χ3v) is 4.93. The molecular formula is C19H21F2N7O. The zero-order valence-corrected chi connectivity index (χ0v) is 16.4. The molecule has 1 saturated heterocycles. The summed E-state index contributed by atoms with van der Waals surface area (Å²) < 4.78 is 29.0. The fourth-order valence-corrected chi connectivity index (χ4v) is 3.56. The second-order valence-electron chi connectivity index (χ2n) is 7.31. The predicted octanol–water partition coefficient (Wildman–Crippen LogP) is 3.27. The van der Waals surface area contributed by atoms with Gasteiger partial charge in [0, 0.05) is 51.0 Å². The van der Waals surface area contributed by atoms with Crippen molar-refractivity contribution in [3.8, 4) is 5.82 Å². The first-order chi connectivity index (χ1) is 13.7. The third-order valence-electron chi connectivity index (χ3n) is 4.93. The molecule has 3 aromatic rings. The van der Waals surface area contributed by atoms with E-state index in [1.54, 1.807) is 12.3 Å². The van der Waals surface area contributed by atoms with E-state index in [1.165, 1.54) is 23.9 Å². The zero-order chi connectivity index (χ0) is 20.8. The average Bonchev–Trinajstić information content (AvgIpc) is 3.23. The molecule has 0 saturated carbocycles. The summed E-state index contributed by atoms with van der Waals surface area (Å²) in [5, 5.41) is 8.09. The van der Waals surface area contributed by atoms with Crippen LogP contribution in [0, 0.1) is 0 Å². The summed E-state index contributed by atoms with van der Waals surface area (Å²) in [6.45, 7) is 5.12. The van der Waals surface area contributed by atoms with Gasteiger partial charge in [-0.25, -0.2) is 19.6 Å². The molecule has 1 aliphatic heterocycles. The lowest BCUT2D eigenvalue weighted by Crippen LogP contribution is -2.27. The summed E-state index contributed by atoms with van der Waals surface area (Å²) in [7, 11) is 0. The Morgan fingerprint density at radius 1 is 1.34 bits per heavy atom. The molecule has 8 nitrogen and oxygen atoms in total. The van der Waals surface area contributed by atoms with Gasteiger partial charge in [-0.05, 0) is 19.8 Å². The highest BCUT2D eigenvalue weighted by atomic mass is 19.3. The van der Waals surface area contributed by atoms with E-state index in [0.29, 0.717) is 17.4 Å². The van der Waals surface area contributed by atoms with Crippen LogP contribution < -0.4 is 10.2 Å². The highest BCUT2D eigenvalue weighted by molar-refractivity contribution is 5.95. The van der Waals surface area contributed by atoms with Gasteiger partial charge in [0.1, 0.15) is 5.82 Å². The van der Waals surface area contributed by atoms with E-state index in [2.05, 4.69) is 32.1 Å². The van der Waals surface area contributed by atoms with Crippen molar-refractivity contribution in [1.82, 2.24) is 24.7 Å². The highest BCUT2D eigenvalue weighted by Gasteiger charge is 2.30. The number of nitrogens with zero attached hydrogens (tertiary/aromatic N) is 6. The Labute approximate surface area is 166 Å². The van der Waals surface area contributed by atoms with E-state index >= 15 is 0 Å². The van der Waals surface area contributed by atoms with Crippen LogP contribution in [0.3, 0.4) is 0 Å². The van der Waals surface area contributed by atoms with E-state index in [0.717, 1.165) is 37.5 Å². The van der Waals surface area contributed by atoms with Gasteiger partial charge in [0.05, 0.1) is 10.9 Å². The molecule has 0 aromatic carbocycles. The molecule has 0 bridgehead atoms. The Bertz CT molecular complexity index is 1080. The number of rotatable bonds is 4. The van der Waals surface area contributed by atoms with E-state index < -0.39 is 11.7 Å². The van der Waals surface area contributed by atoms with Crippen molar-refractivity contribution in [3.63, 3.8) is 0 Å². The van der Waals surface area contributed by atoms with Gasteiger partial charge in [0.15, 0.2) is 11.6 Å². The van der Waals surface area contributed by atoms with Crippen molar-refractivity contribution in [1.29, 1.82) is 0 Å². The third kappa shape index (κ3) is 3.62. The first-order valence-electron chi connectivity index (χ1n) is 9.39. The van der Waals surface area contributed by atoms with E-state index in [9.17, 15) is 13.6 Å². The molecule has 4 heterocycles. The molecule has 1 fully saturated rings. The second-order valence-corrected chi connectivity index (χ2v) is 7.31. The molecule has 1 amide bonds. The fourth-order valence-electron chi connectivity index (χ4n) is 3.56. The summed E-state index contributed by atoms with van der Waals surface area (Å²) in [6.07, 6.45) is 5.02. The number of fused-ring (bicyclic) bond motifs is 1. The summed E-state index contributed by atoms with van der Waals surface area (Å²) in [6, 6.07) is 3.49. The van der Waals surface area contributed by atoms with Crippen LogP contribution in [-0.4, -0.2) is 43.2 Å². The quantitative estimate of drug-likeness (QED) is 0.722. The molecule has 1 unspecified atom stereocenters. The number of aromatic nitrogens is 5. The molecule has 1 atom stereocenters. The maximum absolute atomic E-state index is 13.8. The minimum Gasteiger partial charge on any atom is -0.352 e. The maximum atomic E-state index is 13.8. The lowest BCUT2D eigenvalue weighted by molar-refractivity contribution is -0.114. The Kier molecular flexibility index (Phi) is 4.64. The molecular weight excluding hydrogens is 380 g/mol. The maximum Gasteiger partial charge on any atom is 0.303 e. The number of carbonyl (C=O) groups is 1.